The Hall–Kier alpha value is -0.620. The molecule has 0 aromatic carbocycles. The third-order valence-corrected chi connectivity index (χ3v) is 7.01. The fourth-order valence-electron chi connectivity index (χ4n) is 3.69. The van der Waals surface area contributed by atoms with Gasteiger partial charge in [0.25, 0.3) is 0 Å². The van der Waals surface area contributed by atoms with Crippen LogP contribution in [0.5, 0.6) is 0 Å². The van der Waals surface area contributed by atoms with E-state index in [0.717, 1.165) is 51.9 Å². The lowest BCUT2D eigenvalue weighted by Gasteiger charge is -2.19. The molecule has 1 amide bonds. The van der Waals surface area contributed by atoms with Crippen LogP contribution in [-0.2, 0) is 14.6 Å². The van der Waals surface area contributed by atoms with E-state index < -0.39 is 9.84 Å². The highest BCUT2D eigenvalue weighted by Crippen LogP contribution is 2.28. The van der Waals surface area contributed by atoms with E-state index >= 15 is 0 Å². The Morgan fingerprint density at radius 2 is 1.68 bits per heavy atom. The largest absolute Gasteiger partial charge is 0.341 e. The van der Waals surface area contributed by atoms with Crippen LogP contribution < -0.4 is 5.32 Å². The van der Waals surface area contributed by atoms with Gasteiger partial charge in [0.05, 0.1) is 5.25 Å². The zero-order valence-corrected chi connectivity index (χ0v) is 12.0. The van der Waals surface area contributed by atoms with Gasteiger partial charge in [0.15, 0.2) is 9.84 Å². The smallest absolute Gasteiger partial charge is 0.237 e. The molecule has 3 aliphatic rings. The van der Waals surface area contributed by atoms with Crippen LogP contribution in [0.2, 0.25) is 0 Å². The Morgan fingerprint density at radius 3 is 2.26 bits per heavy atom. The van der Waals surface area contributed by atoms with Gasteiger partial charge in [-0.25, -0.2) is 8.42 Å². The summed E-state index contributed by atoms with van der Waals surface area (Å²) in [4.78, 5) is 13.9. The lowest BCUT2D eigenvalue weighted by Crippen LogP contribution is -2.38. The van der Waals surface area contributed by atoms with Crippen molar-refractivity contribution in [3.05, 3.63) is 0 Å². The highest BCUT2D eigenvalue weighted by atomic mass is 32.2. The minimum atomic E-state index is -3.23. The van der Waals surface area contributed by atoms with Gasteiger partial charge in [-0.05, 0) is 24.7 Å². The molecule has 0 spiro atoms. The molecule has 6 heteroatoms. The number of nitrogens with one attached hydrogen (secondary N) is 1. The Morgan fingerprint density at radius 1 is 1.11 bits per heavy atom. The molecule has 2 atom stereocenters. The summed E-state index contributed by atoms with van der Waals surface area (Å²) in [6.45, 7) is 3.39. The SMILES string of the molecule is O=C(CS(=O)(=O)C1CCCC1)N1C[C@H]2CNC[C@H]2C1. The first-order valence-electron chi connectivity index (χ1n) is 7.26. The van der Waals surface area contributed by atoms with Crippen molar-refractivity contribution < 1.29 is 13.2 Å². The van der Waals surface area contributed by atoms with Crippen molar-refractivity contribution in [2.45, 2.75) is 30.9 Å². The summed E-state index contributed by atoms with van der Waals surface area (Å²) in [6, 6.07) is 0. The first-order valence-corrected chi connectivity index (χ1v) is 8.98. The van der Waals surface area contributed by atoms with Gasteiger partial charge in [-0.3, -0.25) is 4.79 Å². The van der Waals surface area contributed by atoms with Gasteiger partial charge >= 0.3 is 0 Å². The van der Waals surface area contributed by atoms with E-state index in [2.05, 4.69) is 5.32 Å². The Labute approximate surface area is 114 Å². The van der Waals surface area contributed by atoms with E-state index in [1.165, 1.54) is 0 Å². The second-order valence-corrected chi connectivity index (χ2v) is 8.47. The van der Waals surface area contributed by atoms with E-state index in [0.29, 0.717) is 11.8 Å². The maximum Gasteiger partial charge on any atom is 0.237 e. The monoisotopic (exact) mass is 286 g/mol. The van der Waals surface area contributed by atoms with Gasteiger partial charge in [-0.15, -0.1) is 0 Å². The number of nitrogens with zero attached hydrogens (tertiary/aromatic N) is 1. The van der Waals surface area contributed by atoms with Crippen LogP contribution in [0.4, 0.5) is 0 Å². The van der Waals surface area contributed by atoms with Crippen LogP contribution in [0.1, 0.15) is 25.7 Å². The van der Waals surface area contributed by atoms with Crippen molar-refractivity contribution in [1.82, 2.24) is 10.2 Å². The van der Waals surface area contributed by atoms with E-state index in [1.807, 2.05) is 0 Å². The standard InChI is InChI=1S/C13H22N2O3S/c16-13(9-19(17,18)12-3-1-2-4-12)15-7-10-5-14-6-11(10)8-15/h10-12,14H,1-9H2/t10-,11+. The molecular weight excluding hydrogens is 264 g/mol. The first kappa shape index (κ1) is 13.4. The van der Waals surface area contributed by atoms with Gasteiger partial charge in [0.1, 0.15) is 5.75 Å². The molecule has 108 valence electrons. The highest BCUT2D eigenvalue weighted by Gasteiger charge is 2.40. The molecule has 0 unspecified atom stereocenters. The molecule has 3 fully saturated rings. The average Bonchev–Trinajstić information content (AvgIpc) is 3.05. The second kappa shape index (κ2) is 5.05. The van der Waals surface area contributed by atoms with Crippen molar-refractivity contribution in [1.29, 1.82) is 0 Å². The maximum atomic E-state index is 12.2. The summed E-state index contributed by atoms with van der Waals surface area (Å²) in [5.74, 6) is 0.599. The van der Waals surface area contributed by atoms with Gasteiger partial charge < -0.3 is 10.2 Å². The predicted octanol–water partition coefficient (Wildman–Crippen LogP) is 0.0216. The van der Waals surface area contributed by atoms with Crippen molar-refractivity contribution >= 4 is 15.7 Å². The molecule has 5 nitrogen and oxygen atoms in total. The summed E-state index contributed by atoms with van der Waals surface area (Å²) in [5, 5.41) is 3.06. The van der Waals surface area contributed by atoms with Gasteiger partial charge in [0.2, 0.25) is 5.91 Å². The molecule has 0 aromatic rings. The molecule has 1 N–H and O–H groups in total. The van der Waals surface area contributed by atoms with E-state index in [-0.39, 0.29) is 16.9 Å². The summed E-state index contributed by atoms with van der Waals surface area (Å²) in [7, 11) is -3.23. The first-order chi connectivity index (χ1) is 9.06. The minimum absolute atomic E-state index is 0.179. The molecule has 0 radical (unpaired) electrons. The molecule has 2 heterocycles. The topological polar surface area (TPSA) is 66.5 Å². The summed E-state index contributed by atoms with van der Waals surface area (Å²) in [6.07, 6.45) is 3.45. The third kappa shape index (κ3) is 2.65. The summed E-state index contributed by atoms with van der Waals surface area (Å²) < 4.78 is 24.4. The summed E-state index contributed by atoms with van der Waals surface area (Å²) >= 11 is 0. The molecule has 2 aliphatic heterocycles. The van der Waals surface area contributed by atoms with E-state index in [1.54, 1.807) is 4.90 Å². The number of amides is 1. The van der Waals surface area contributed by atoms with Crippen molar-refractivity contribution in [3.8, 4) is 0 Å². The molecule has 1 saturated carbocycles. The fraction of sp³-hybridized carbons (Fsp3) is 0.923. The zero-order valence-electron chi connectivity index (χ0n) is 11.2. The Kier molecular flexibility index (Phi) is 3.55. The molecule has 0 bridgehead atoms. The van der Waals surface area contributed by atoms with Crippen molar-refractivity contribution in [2.24, 2.45) is 11.8 Å². The molecule has 0 aromatic heterocycles. The van der Waals surface area contributed by atoms with Crippen LogP contribution in [0.25, 0.3) is 0 Å². The number of likely N-dealkylation sites (tertiary alicyclic amines) is 1. The number of sulfone groups is 1. The number of rotatable bonds is 3. The zero-order chi connectivity index (χ0) is 13.5. The lowest BCUT2D eigenvalue weighted by molar-refractivity contribution is -0.127. The third-order valence-electron chi connectivity index (χ3n) is 4.88. The fourth-order valence-corrected chi connectivity index (χ4v) is 5.50. The maximum absolute atomic E-state index is 12.2. The molecule has 2 saturated heterocycles. The molecule has 3 rings (SSSR count). The van der Waals surface area contributed by atoms with Crippen molar-refractivity contribution in [3.63, 3.8) is 0 Å². The van der Waals surface area contributed by atoms with Crippen LogP contribution in [0.15, 0.2) is 0 Å². The number of carbonyl (C=O) groups is 1. The quantitative estimate of drug-likeness (QED) is 0.794. The predicted molar refractivity (Wildman–Crippen MR) is 72.5 cm³/mol. The van der Waals surface area contributed by atoms with Gasteiger partial charge in [0, 0.05) is 26.2 Å². The molecular formula is C13H22N2O3S. The van der Waals surface area contributed by atoms with Crippen LogP contribution in [0.3, 0.4) is 0 Å². The number of hydrogen-bond acceptors (Lipinski definition) is 4. The van der Waals surface area contributed by atoms with Crippen LogP contribution in [-0.4, -0.2) is 56.4 Å². The lowest BCUT2D eigenvalue weighted by atomic mass is 10.0. The average molecular weight is 286 g/mol. The van der Waals surface area contributed by atoms with E-state index in [4.69, 9.17) is 0 Å². The Balaban J connectivity index is 1.59. The molecule has 1 aliphatic carbocycles. The normalized spacial score (nSPS) is 31.9. The molecule has 19 heavy (non-hydrogen) atoms. The van der Waals surface area contributed by atoms with Crippen LogP contribution in [0, 0.1) is 11.8 Å². The van der Waals surface area contributed by atoms with Gasteiger partial charge in [-0.1, -0.05) is 12.8 Å². The van der Waals surface area contributed by atoms with Crippen LogP contribution >= 0.6 is 0 Å². The van der Waals surface area contributed by atoms with Gasteiger partial charge in [-0.2, -0.15) is 0 Å². The van der Waals surface area contributed by atoms with E-state index in [9.17, 15) is 13.2 Å². The highest BCUT2D eigenvalue weighted by molar-refractivity contribution is 7.92. The number of fused-ring (bicyclic) bond motifs is 1. The number of carbonyl (C=O) groups excluding carboxylic acids is 1. The summed E-state index contributed by atoms with van der Waals surface area (Å²) in [5.41, 5.74) is 0. The second-order valence-electron chi connectivity index (χ2n) is 6.19. The minimum Gasteiger partial charge on any atom is -0.341 e. The number of hydrogen-bond donors (Lipinski definition) is 1. The van der Waals surface area contributed by atoms with Crippen molar-refractivity contribution in [2.75, 3.05) is 31.9 Å². The Bertz CT molecular complexity index is 445.